The Morgan fingerprint density at radius 1 is 1.11 bits per heavy atom. The number of aliphatic hydroxyl groups is 1. The van der Waals surface area contributed by atoms with E-state index in [1.54, 1.807) is 0 Å². The van der Waals surface area contributed by atoms with Crippen LogP contribution in [0.25, 0.3) is 0 Å². The molecule has 0 aromatic carbocycles. The van der Waals surface area contributed by atoms with Crippen LogP contribution in [0.2, 0.25) is 0 Å². The Hall–Kier alpha value is -0.960. The first kappa shape index (κ1) is 19.0. The van der Waals surface area contributed by atoms with Gasteiger partial charge in [0, 0.05) is 17.3 Å². The van der Waals surface area contributed by atoms with Gasteiger partial charge in [-0.15, -0.1) is 0 Å². The maximum Gasteiger partial charge on any atom is 0.155 e. The molecule has 28 heavy (non-hydrogen) atoms. The molecule has 0 bridgehead atoms. The van der Waals surface area contributed by atoms with E-state index in [-0.39, 0.29) is 28.6 Å². The van der Waals surface area contributed by atoms with Gasteiger partial charge in [-0.1, -0.05) is 25.3 Å². The summed E-state index contributed by atoms with van der Waals surface area (Å²) < 4.78 is 0. The highest BCUT2D eigenvalue weighted by atomic mass is 16.3. The fraction of sp³-hybridized carbons (Fsp3) is 0.840. The predicted octanol–water partition coefficient (Wildman–Crippen LogP) is 4.87. The normalized spacial score (nSPS) is 50.1. The monoisotopic (exact) mass is 384 g/mol. The van der Waals surface area contributed by atoms with Crippen molar-refractivity contribution in [2.24, 2.45) is 39.9 Å². The lowest BCUT2D eigenvalue weighted by Gasteiger charge is -2.60. The van der Waals surface area contributed by atoms with Crippen LogP contribution in [0.15, 0.2) is 11.6 Å². The van der Waals surface area contributed by atoms with E-state index in [4.69, 9.17) is 0 Å². The minimum Gasteiger partial charge on any atom is -0.395 e. The molecule has 1 N–H and O–H groups in total. The highest BCUT2D eigenvalue weighted by Crippen LogP contribution is 2.74. The quantitative estimate of drug-likeness (QED) is 0.739. The molecule has 5 rings (SSSR count). The Kier molecular flexibility index (Phi) is 4.26. The minimum absolute atomic E-state index is 0.0914. The van der Waals surface area contributed by atoms with Crippen LogP contribution in [0.4, 0.5) is 0 Å². The topological polar surface area (TPSA) is 54.4 Å². The number of hydrogen-bond acceptors (Lipinski definition) is 3. The molecule has 5 aliphatic rings. The van der Waals surface area contributed by atoms with Gasteiger partial charge in [0.2, 0.25) is 0 Å². The lowest BCUT2D eigenvalue weighted by Crippen LogP contribution is -2.56. The van der Waals surface area contributed by atoms with Crippen molar-refractivity contribution >= 4 is 11.6 Å². The number of carbonyl (C=O) groups is 2. The van der Waals surface area contributed by atoms with E-state index < -0.39 is 0 Å². The SMILES string of the molecule is CC(=O)[C@@]12CCCC[C@@H]1C[C@H]1[C@@H]3CCC4=CC(=O)CC[C@]4(CO)[C@H]3CC[C@@]12C. The Bertz CT molecular complexity index is 738. The third kappa shape index (κ3) is 2.15. The van der Waals surface area contributed by atoms with Crippen LogP contribution in [0.1, 0.15) is 84.5 Å². The molecule has 4 saturated carbocycles. The second-order valence-corrected chi connectivity index (χ2v) is 11.0. The molecule has 0 radical (unpaired) electrons. The maximum atomic E-state index is 13.1. The number of hydrogen-bond donors (Lipinski definition) is 1. The molecule has 5 aliphatic carbocycles. The third-order valence-corrected chi connectivity index (χ3v) is 10.6. The van der Waals surface area contributed by atoms with Crippen molar-refractivity contribution in [2.45, 2.75) is 84.5 Å². The predicted molar refractivity (Wildman–Crippen MR) is 109 cm³/mol. The molecule has 0 unspecified atom stereocenters. The van der Waals surface area contributed by atoms with E-state index in [0.29, 0.717) is 35.9 Å². The molecule has 0 heterocycles. The van der Waals surface area contributed by atoms with Crippen LogP contribution >= 0.6 is 0 Å². The van der Waals surface area contributed by atoms with Gasteiger partial charge in [0.25, 0.3) is 0 Å². The van der Waals surface area contributed by atoms with Crippen molar-refractivity contribution in [1.29, 1.82) is 0 Å². The summed E-state index contributed by atoms with van der Waals surface area (Å²) in [7, 11) is 0. The van der Waals surface area contributed by atoms with Crippen molar-refractivity contribution in [3.05, 3.63) is 11.6 Å². The number of fused-ring (bicyclic) bond motifs is 7. The number of rotatable bonds is 2. The summed E-state index contributed by atoms with van der Waals surface area (Å²) >= 11 is 0. The molecular weight excluding hydrogens is 348 g/mol. The van der Waals surface area contributed by atoms with Crippen molar-refractivity contribution in [2.75, 3.05) is 6.61 Å². The van der Waals surface area contributed by atoms with Gasteiger partial charge in [-0.25, -0.2) is 0 Å². The van der Waals surface area contributed by atoms with E-state index in [9.17, 15) is 14.7 Å². The van der Waals surface area contributed by atoms with Gasteiger partial charge in [0.15, 0.2) is 5.78 Å². The summed E-state index contributed by atoms with van der Waals surface area (Å²) in [6, 6.07) is 0. The standard InChI is InChI=1S/C25H36O3/c1-16(27)25-10-4-3-5-18(25)14-22-20-7-6-17-13-19(28)8-12-24(17,15-26)21(20)9-11-23(22,25)2/h13,18,20-22,26H,3-12,14-15H2,1-2H3/t18-,20-,21+,22+,23+,24-,25+/m1/s1. The first-order valence-corrected chi connectivity index (χ1v) is 11.7. The zero-order valence-corrected chi connectivity index (χ0v) is 17.6. The van der Waals surface area contributed by atoms with Crippen LogP contribution in [0, 0.1) is 39.9 Å². The fourth-order valence-electron chi connectivity index (χ4n) is 9.45. The summed E-state index contributed by atoms with van der Waals surface area (Å²) in [4.78, 5) is 25.2. The van der Waals surface area contributed by atoms with Crippen LogP contribution in [-0.4, -0.2) is 23.3 Å². The van der Waals surface area contributed by atoms with Crippen LogP contribution in [0.3, 0.4) is 0 Å². The molecule has 3 nitrogen and oxygen atoms in total. The molecule has 0 saturated heterocycles. The summed E-state index contributed by atoms with van der Waals surface area (Å²) in [5.74, 6) is 2.99. The average molecular weight is 385 g/mol. The summed E-state index contributed by atoms with van der Waals surface area (Å²) in [5, 5.41) is 10.5. The zero-order valence-electron chi connectivity index (χ0n) is 17.6. The Morgan fingerprint density at radius 2 is 1.93 bits per heavy atom. The van der Waals surface area contributed by atoms with Crippen LogP contribution < -0.4 is 0 Å². The Morgan fingerprint density at radius 3 is 2.68 bits per heavy atom. The van der Waals surface area contributed by atoms with Crippen molar-refractivity contribution < 1.29 is 14.7 Å². The van der Waals surface area contributed by atoms with Gasteiger partial charge < -0.3 is 5.11 Å². The number of carbonyl (C=O) groups excluding carboxylic acids is 2. The first-order chi connectivity index (χ1) is 13.4. The fourth-order valence-corrected chi connectivity index (χ4v) is 9.45. The van der Waals surface area contributed by atoms with E-state index in [1.165, 1.54) is 31.3 Å². The molecule has 0 aliphatic heterocycles. The van der Waals surface area contributed by atoms with E-state index in [1.807, 2.05) is 13.0 Å². The van der Waals surface area contributed by atoms with Gasteiger partial charge in [-0.2, -0.15) is 0 Å². The van der Waals surface area contributed by atoms with E-state index in [0.717, 1.165) is 38.5 Å². The maximum absolute atomic E-state index is 13.1. The average Bonchev–Trinajstić information content (AvgIpc) is 2.97. The van der Waals surface area contributed by atoms with Crippen molar-refractivity contribution in [1.82, 2.24) is 0 Å². The van der Waals surface area contributed by atoms with Gasteiger partial charge in [-0.3, -0.25) is 9.59 Å². The molecule has 0 spiro atoms. The van der Waals surface area contributed by atoms with E-state index >= 15 is 0 Å². The second-order valence-electron chi connectivity index (χ2n) is 11.0. The second kappa shape index (κ2) is 6.27. The van der Waals surface area contributed by atoms with Crippen molar-refractivity contribution in [3.63, 3.8) is 0 Å². The summed E-state index contributed by atoms with van der Waals surface area (Å²) in [5.41, 5.74) is 1.13. The zero-order chi connectivity index (χ0) is 19.7. The smallest absolute Gasteiger partial charge is 0.155 e. The summed E-state index contributed by atoms with van der Waals surface area (Å²) in [6.45, 7) is 4.53. The lowest BCUT2D eigenvalue weighted by atomic mass is 9.43. The van der Waals surface area contributed by atoms with Gasteiger partial charge in [0.1, 0.15) is 5.78 Å². The minimum atomic E-state index is -0.157. The Balaban J connectivity index is 1.55. The van der Waals surface area contributed by atoms with Gasteiger partial charge in [0.05, 0.1) is 6.61 Å². The van der Waals surface area contributed by atoms with Crippen LogP contribution in [-0.2, 0) is 9.59 Å². The molecule has 4 fully saturated rings. The molecule has 7 atom stereocenters. The van der Waals surface area contributed by atoms with Crippen LogP contribution in [0.5, 0.6) is 0 Å². The van der Waals surface area contributed by atoms with Gasteiger partial charge in [-0.05, 0) is 93.5 Å². The van der Waals surface area contributed by atoms with Crippen molar-refractivity contribution in [3.8, 4) is 0 Å². The first-order valence-electron chi connectivity index (χ1n) is 11.7. The molecule has 3 heteroatoms. The lowest BCUT2D eigenvalue weighted by molar-refractivity contribution is -0.150. The molecule has 0 aromatic heterocycles. The van der Waals surface area contributed by atoms with E-state index in [2.05, 4.69) is 6.92 Å². The number of ketones is 2. The molecule has 154 valence electrons. The number of aliphatic hydroxyl groups excluding tert-OH is 1. The Labute approximate surface area is 169 Å². The largest absolute Gasteiger partial charge is 0.395 e. The molecule has 0 amide bonds. The highest BCUT2D eigenvalue weighted by molar-refractivity contribution is 5.91. The molecule has 0 aromatic rings. The van der Waals surface area contributed by atoms with Gasteiger partial charge >= 0.3 is 0 Å². The number of Topliss-reactive ketones (excluding diaryl/α,β-unsaturated/α-hetero) is 1. The third-order valence-electron chi connectivity index (χ3n) is 10.6. The molecular formula is C25H36O3. The highest BCUT2D eigenvalue weighted by Gasteiger charge is 2.69. The summed E-state index contributed by atoms with van der Waals surface area (Å²) in [6.07, 6.45) is 13.7.